The number of thiophene rings is 1. The molecule has 10 rings (SSSR count). The molecule has 0 aliphatic carbocycles. The Morgan fingerprint density at radius 3 is 1.88 bits per heavy atom. The van der Waals surface area contributed by atoms with Crippen LogP contribution in [0, 0.1) is 0 Å². The lowest BCUT2D eigenvalue weighted by Gasteiger charge is -2.14. The molecular weight excluding hydrogens is 613 g/mol. The summed E-state index contributed by atoms with van der Waals surface area (Å²) in [4.78, 5) is 9.65. The van der Waals surface area contributed by atoms with Crippen molar-refractivity contribution in [3.05, 3.63) is 170 Å². The highest BCUT2D eigenvalue weighted by Crippen LogP contribution is 2.48. The van der Waals surface area contributed by atoms with Gasteiger partial charge in [0.2, 0.25) is 0 Å². The maximum absolute atomic E-state index is 10.0. The molecule has 228 valence electrons. The number of pyridine rings is 2. The Labute approximate surface area is 308 Å². The summed E-state index contributed by atoms with van der Waals surface area (Å²) in [6.07, 6.45) is 1.71. The molecule has 0 atom stereocenters. The Morgan fingerprint density at radius 2 is 1.08 bits per heavy atom. The molecule has 7 aromatic carbocycles. The number of hydrogen-bond acceptors (Lipinski definition) is 3. The van der Waals surface area contributed by atoms with Crippen LogP contribution < -0.4 is 0 Å². The van der Waals surface area contributed by atoms with E-state index in [-0.39, 0.29) is 54.0 Å². The fourth-order valence-electron chi connectivity index (χ4n) is 6.41. The summed E-state index contributed by atoms with van der Waals surface area (Å²) in [7, 11) is 0. The largest absolute Gasteiger partial charge is 0.254 e. The van der Waals surface area contributed by atoms with Gasteiger partial charge in [-0.15, -0.1) is 11.3 Å². The van der Waals surface area contributed by atoms with Crippen molar-refractivity contribution >= 4 is 65.5 Å². The summed E-state index contributed by atoms with van der Waals surface area (Å²) in [5.41, 5.74) is 2.80. The predicted molar refractivity (Wildman–Crippen MR) is 209 cm³/mol. The lowest BCUT2D eigenvalue weighted by Crippen LogP contribution is -1.91. The van der Waals surface area contributed by atoms with E-state index in [9.17, 15) is 4.11 Å². The van der Waals surface area contributed by atoms with Crippen LogP contribution in [-0.2, 0) is 0 Å². The molecule has 0 aliphatic rings. The van der Waals surface area contributed by atoms with Crippen LogP contribution >= 0.6 is 11.3 Å². The van der Waals surface area contributed by atoms with Crippen molar-refractivity contribution in [3.63, 3.8) is 0 Å². The Bertz CT molecular complexity index is 3740. The number of hydrogen-bond donors (Lipinski definition) is 0. The normalized spacial score (nSPS) is 16.0. The summed E-state index contributed by atoms with van der Waals surface area (Å²) in [6, 6.07) is 13.5. The third-order valence-electron chi connectivity index (χ3n) is 8.65. The molecule has 10 aromatic rings. The van der Waals surface area contributed by atoms with Crippen molar-refractivity contribution in [2.45, 2.75) is 0 Å². The molecule has 0 bridgehead atoms. The van der Waals surface area contributed by atoms with Gasteiger partial charge in [-0.1, -0.05) is 145 Å². The minimum Gasteiger partial charge on any atom is -0.254 e. The van der Waals surface area contributed by atoms with Gasteiger partial charge in [-0.05, 0) is 61.6 Å². The third-order valence-corrected chi connectivity index (χ3v) is 9.77. The van der Waals surface area contributed by atoms with Crippen molar-refractivity contribution in [1.82, 2.24) is 9.97 Å². The molecule has 0 saturated carbocycles. The summed E-state index contributed by atoms with van der Waals surface area (Å²) in [5, 5.41) is 1.92. The van der Waals surface area contributed by atoms with Crippen LogP contribution in [0.25, 0.3) is 97.4 Å². The minimum absolute atomic E-state index is 0.0441. The van der Waals surface area contributed by atoms with Gasteiger partial charge in [0.25, 0.3) is 0 Å². The topological polar surface area (TPSA) is 25.8 Å². The Kier molecular flexibility index (Phi) is 3.85. The Morgan fingerprint density at radius 1 is 0.449 bits per heavy atom. The average Bonchev–Trinajstić information content (AvgIpc) is 3.63. The Hall–Kier alpha value is -6.16. The minimum atomic E-state index is -0.660. The highest BCUT2D eigenvalue weighted by molar-refractivity contribution is 7.19. The molecule has 3 aromatic heterocycles. The number of aromatic nitrogens is 2. The van der Waals surface area contributed by atoms with Gasteiger partial charge in [-0.2, -0.15) is 0 Å². The average molecular weight is 656 g/mol. The molecule has 0 radical (unpaired) electrons. The molecule has 0 amide bonds. The van der Waals surface area contributed by atoms with Crippen molar-refractivity contribution in [1.29, 1.82) is 0 Å². The predicted octanol–water partition coefficient (Wildman–Crippen LogP) is 13.0. The fourth-order valence-corrected chi connectivity index (χ4v) is 7.54. The van der Waals surface area contributed by atoms with Crippen molar-refractivity contribution < 1.29 is 20.6 Å². The number of nitrogens with zero attached hydrogens (tertiary/aromatic N) is 2. The van der Waals surface area contributed by atoms with E-state index in [4.69, 9.17) is 21.4 Å². The molecule has 0 N–H and O–H groups in total. The van der Waals surface area contributed by atoms with Crippen LogP contribution in [0.15, 0.2) is 170 Å². The van der Waals surface area contributed by atoms with Gasteiger partial charge in [-0.3, -0.25) is 4.98 Å². The number of benzene rings is 7. The van der Waals surface area contributed by atoms with Crippen LogP contribution in [0.1, 0.15) is 20.6 Å². The second-order valence-electron chi connectivity index (χ2n) is 11.4. The van der Waals surface area contributed by atoms with Crippen molar-refractivity contribution in [2.75, 3.05) is 0 Å². The van der Waals surface area contributed by atoms with E-state index in [1.54, 1.807) is 18.3 Å². The molecule has 49 heavy (non-hydrogen) atoms. The van der Waals surface area contributed by atoms with E-state index in [0.717, 1.165) is 27.6 Å². The number of rotatable bonds is 4. The van der Waals surface area contributed by atoms with Gasteiger partial charge in [0.1, 0.15) is 0 Å². The summed E-state index contributed by atoms with van der Waals surface area (Å²) < 4.78 is 133. The molecule has 0 unspecified atom stereocenters. The second kappa shape index (κ2) is 11.2. The lowest BCUT2D eigenvalue weighted by molar-refractivity contribution is 1.37. The zero-order valence-electron chi connectivity index (χ0n) is 40.3. The first-order chi connectivity index (χ1) is 30.5. The zero-order chi connectivity index (χ0) is 45.4. The van der Waals surface area contributed by atoms with Crippen LogP contribution in [0.3, 0.4) is 0 Å². The van der Waals surface area contributed by atoms with Gasteiger partial charge in [0.15, 0.2) is 0 Å². The molecule has 2 nitrogen and oxygen atoms in total. The van der Waals surface area contributed by atoms with E-state index in [0.29, 0.717) is 33.1 Å². The van der Waals surface area contributed by atoms with Crippen LogP contribution in [0.4, 0.5) is 0 Å². The summed E-state index contributed by atoms with van der Waals surface area (Å²) >= 11 is 0.794. The van der Waals surface area contributed by atoms with E-state index in [2.05, 4.69) is 4.98 Å². The maximum Gasteiger partial charge on any atom is 0.0972 e. The highest BCUT2D eigenvalue weighted by atomic mass is 32.1. The van der Waals surface area contributed by atoms with Crippen LogP contribution in [0.5, 0.6) is 0 Å². The zero-order valence-corrected chi connectivity index (χ0v) is 26.1. The van der Waals surface area contributed by atoms with E-state index >= 15 is 0 Å². The lowest BCUT2D eigenvalue weighted by atomic mass is 9.91. The summed E-state index contributed by atoms with van der Waals surface area (Å²) in [5.74, 6) is 0. The van der Waals surface area contributed by atoms with E-state index in [1.807, 2.05) is 60.7 Å². The highest BCUT2D eigenvalue weighted by Gasteiger charge is 2.20. The van der Waals surface area contributed by atoms with Gasteiger partial charge >= 0.3 is 0 Å². The first-order valence-corrected chi connectivity index (χ1v) is 16.2. The first kappa shape index (κ1) is 16.8. The monoisotopic (exact) mass is 655 g/mol. The van der Waals surface area contributed by atoms with Gasteiger partial charge in [0, 0.05) is 43.4 Å². The van der Waals surface area contributed by atoms with Crippen molar-refractivity contribution in [3.8, 4) is 43.3 Å². The van der Waals surface area contributed by atoms with E-state index < -0.39 is 84.6 Å². The quantitative estimate of drug-likeness (QED) is 0.176. The van der Waals surface area contributed by atoms with E-state index in [1.165, 1.54) is 0 Å². The molecule has 0 spiro atoms. The number of fused-ring (bicyclic) bond motifs is 6. The molecular formula is C46H28N2S. The molecule has 0 aliphatic heterocycles. The van der Waals surface area contributed by atoms with Crippen molar-refractivity contribution in [2.24, 2.45) is 0 Å². The van der Waals surface area contributed by atoms with Gasteiger partial charge < -0.3 is 0 Å². The third kappa shape index (κ3) is 4.55. The summed E-state index contributed by atoms with van der Waals surface area (Å²) in [6.45, 7) is 0. The van der Waals surface area contributed by atoms with Crippen LogP contribution in [-0.4, -0.2) is 9.97 Å². The maximum atomic E-state index is 10.0. The SMILES string of the molecule is [2H]c1c(-c2c([2H])c([2H])c([2H])c3c([2H])c([2H])c([2H])c([2H])c23)sc(-c2c([2H])c([2H])c([2H])c3c([2H])c([2H])c([2H])c([2H])c23)c1-c1ccc(-c2ccc3ccc4cccnc4c3n2)c2ccccc12. The molecule has 3 heterocycles. The van der Waals surface area contributed by atoms with Gasteiger partial charge in [-0.25, -0.2) is 4.98 Å². The second-order valence-corrected chi connectivity index (χ2v) is 12.4. The molecule has 3 heteroatoms. The molecule has 0 fully saturated rings. The fraction of sp³-hybridized carbons (Fsp3) is 0. The smallest absolute Gasteiger partial charge is 0.0972 e. The van der Waals surface area contributed by atoms with Gasteiger partial charge in [0.05, 0.1) is 37.3 Å². The van der Waals surface area contributed by atoms with Crippen LogP contribution in [0.2, 0.25) is 0 Å². The molecule has 0 saturated heterocycles. The Balaban J connectivity index is 1.36. The standard InChI is InChI=1S/C46H28N2S/c1-3-15-33-29(10-1)12-7-19-39(33)43-28-41(46(49-43)40-20-8-13-30-11-2-4-16-34(30)40)37-24-25-38(36-18-6-5-17-35(36)37)42-26-23-32-22-21-31-14-9-27-47-44(31)45(32)48-42/h1-28H/i1D,2D,3D,4D,7D,8D,10D,11D,12D,13D,15D,16D,19D,20D,28D. The first-order valence-electron chi connectivity index (χ1n) is 22.9.